The topological polar surface area (TPSA) is 49.4 Å². The standard InChI is InChI=1S/C12H20N2O2/c1-8-3-4-10(5-9(8)2)14-6-11(15)13-12(16)7-14/h8-10H,3-7H2,1-2H3,(H,13,15,16). The van der Waals surface area contributed by atoms with E-state index < -0.39 is 0 Å². The van der Waals surface area contributed by atoms with E-state index in [4.69, 9.17) is 0 Å². The molecule has 1 saturated carbocycles. The van der Waals surface area contributed by atoms with Gasteiger partial charge in [-0.15, -0.1) is 0 Å². The Bertz CT molecular complexity index is 287. The van der Waals surface area contributed by atoms with E-state index in [1.807, 2.05) is 4.90 Å². The summed E-state index contributed by atoms with van der Waals surface area (Å²) in [5, 5.41) is 2.35. The van der Waals surface area contributed by atoms with Gasteiger partial charge in [0.1, 0.15) is 0 Å². The Morgan fingerprint density at radius 3 is 2.25 bits per heavy atom. The summed E-state index contributed by atoms with van der Waals surface area (Å²) < 4.78 is 0. The molecule has 2 rings (SSSR count). The first-order chi connectivity index (χ1) is 7.56. The molecule has 4 nitrogen and oxygen atoms in total. The minimum Gasteiger partial charge on any atom is -0.294 e. The molecule has 0 aromatic rings. The Kier molecular flexibility index (Phi) is 3.28. The lowest BCUT2D eigenvalue weighted by atomic mass is 9.78. The normalized spacial score (nSPS) is 37.2. The molecule has 0 spiro atoms. The van der Waals surface area contributed by atoms with Crippen LogP contribution in [0, 0.1) is 11.8 Å². The van der Waals surface area contributed by atoms with Crippen molar-refractivity contribution in [2.45, 2.75) is 39.2 Å². The summed E-state index contributed by atoms with van der Waals surface area (Å²) in [5.41, 5.74) is 0. The zero-order chi connectivity index (χ0) is 11.7. The van der Waals surface area contributed by atoms with Crippen LogP contribution >= 0.6 is 0 Å². The number of nitrogens with zero attached hydrogens (tertiary/aromatic N) is 1. The van der Waals surface area contributed by atoms with Crippen LogP contribution in [-0.4, -0.2) is 35.8 Å². The van der Waals surface area contributed by atoms with Crippen molar-refractivity contribution in [1.82, 2.24) is 10.2 Å². The van der Waals surface area contributed by atoms with Crippen LogP contribution in [0.25, 0.3) is 0 Å². The number of amides is 2. The third kappa shape index (κ3) is 2.43. The number of imide groups is 1. The first-order valence-corrected chi connectivity index (χ1v) is 6.13. The van der Waals surface area contributed by atoms with E-state index in [2.05, 4.69) is 19.2 Å². The third-order valence-corrected chi connectivity index (χ3v) is 4.06. The molecule has 1 heterocycles. The smallest absolute Gasteiger partial charge is 0.240 e. The van der Waals surface area contributed by atoms with Crippen molar-refractivity contribution in [3.8, 4) is 0 Å². The molecule has 1 aliphatic heterocycles. The monoisotopic (exact) mass is 224 g/mol. The quantitative estimate of drug-likeness (QED) is 0.669. The lowest BCUT2D eigenvalue weighted by molar-refractivity contribution is -0.137. The average molecular weight is 224 g/mol. The summed E-state index contributed by atoms with van der Waals surface area (Å²) in [7, 11) is 0. The maximum absolute atomic E-state index is 11.3. The van der Waals surface area contributed by atoms with Gasteiger partial charge in [-0.3, -0.25) is 19.8 Å². The Morgan fingerprint density at radius 2 is 1.69 bits per heavy atom. The van der Waals surface area contributed by atoms with Crippen LogP contribution in [0.3, 0.4) is 0 Å². The van der Waals surface area contributed by atoms with Gasteiger partial charge < -0.3 is 0 Å². The minimum absolute atomic E-state index is 0.150. The van der Waals surface area contributed by atoms with Gasteiger partial charge in [-0.1, -0.05) is 13.8 Å². The highest BCUT2D eigenvalue weighted by atomic mass is 16.2. The maximum Gasteiger partial charge on any atom is 0.240 e. The first kappa shape index (κ1) is 11.6. The van der Waals surface area contributed by atoms with Crippen LogP contribution in [0.15, 0.2) is 0 Å². The highest BCUT2D eigenvalue weighted by Crippen LogP contribution is 2.32. The van der Waals surface area contributed by atoms with E-state index in [1.165, 1.54) is 6.42 Å². The Morgan fingerprint density at radius 1 is 1.06 bits per heavy atom. The van der Waals surface area contributed by atoms with Crippen molar-refractivity contribution < 1.29 is 9.59 Å². The van der Waals surface area contributed by atoms with Crippen LogP contribution in [-0.2, 0) is 9.59 Å². The number of nitrogens with one attached hydrogen (secondary N) is 1. The second kappa shape index (κ2) is 4.53. The van der Waals surface area contributed by atoms with Crippen molar-refractivity contribution in [2.24, 2.45) is 11.8 Å². The fourth-order valence-electron chi connectivity index (χ4n) is 2.77. The average Bonchev–Trinajstić information content (AvgIpc) is 2.20. The molecule has 2 fully saturated rings. The maximum atomic E-state index is 11.3. The minimum atomic E-state index is -0.150. The van der Waals surface area contributed by atoms with Crippen LogP contribution < -0.4 is 5.32 Å². The van der Waals surface area contributed by atoms with Crippen molar-refractivity contribution in [3.05, 3.63) is 0 Å². The van der Waals surface area contributed by atoms with Gasteiger partial charge in [-0.05, 0) is 31.1 Å². The Labute approximate surface area is 96.4 Å². The van der Waals surface area contributed by atoms with E-state index in [9.17, 15) is 9.59 Å². The molecule has 0 radical (unpaired) electrons. The summed E-state index contributed by atoms with van der Waals surface area (Å²) in [6.45, 7) is 5.33. The molecule has 1 N–H and O–H groups in total. The molecule has 0 aromatic heterocycles. The van der Waals surface area contributed by atoms with E-state index in [0.29, 0.717) is 25.0 Å². The van der Waals surface area contributed by atoms with Gasteiger partial charge in [0.05, 0.1) is 13.1 Å². The molecule has 90 valence electrons. The van der Waals surface area contributed by atoms with E-state index in [0.717, 1.165) is 18.8 Å². The van der Waals surface area contributed by atoms with E-state index in [1.54, 1.807) is 0 Å². The lowest BCUT2D eigenvalue weighted by Gasteiger charge is -2.39. The largest absolute Gasteiger partial charge is 0.294 e. The number of carbonyl (C=O) groups excluding carboxylic acids is 2. The van der Waals surface area contributed by atoms with Crippen LogP contribution in [0.5, 0.6) is 0 Å². The molecule has 1 saturated heterocycles. The molecule has 4 heteroatoms. The second-order valence-electron chi connectivity index (χ2n) is 5.30. The number of hydrogen-bond donors (Lipinski definition) is 1. The Hall–Kier alpha value is -0.900. The molecule has 0 bridgehead atoms. The molecule has 1 aliphatic carbocycles. The number of hydrogen-bond acceptors (Lipinski definition) is 3. The van der Waals surface area contributed by atoms with Gasteiger partial charge in [-0.2, -0.15) is 0 Å². The molecule has 3 unspecified atom stereocenters. The SMILES string of the molecule is CC1CCC(N2CC(=O)NC(=O)C2)CC1C. The number of carbonyl (C=O) groups is 2. The van der Waals surface area contributed by atoms with Gasteiger partial charge in [0.15, 0.2) is 0 Å². The van der Waals surface area contributed by atoms with Crippen molar-refractivity contribution in [1.29, 1.82) is 0 Å². The summed E-state index contributed by atoms with van der Waals surface area (Å²) >= 11 is 0. The lowest BCUT2D eigenvalue weighted by Crippen LogP contribution is -2.55. The summed E-state index contributed by atoms with van der Waals surface area (Å²) in [5.74, 6) is 1.16. The second-order valence-corrected chi connectivity index (χ2v) is 5.30. The van der Waals surface area contributed by atoms with Crippen molar-refractivity contribution >= 4 is 11.8 Å². The summed E-state index contributed by atoms with van der Waals surface area (Å²) in [4.78, 5) is 24.6. The van der Waals surface area contributed by atoms with Crippen LogP contribution in [0.4, 0.5) is 0 Å². The predicted molar refractivity (Wildman–Crippen MR) is 60.7 cm³/mol. The zero-order valence-corrected chi connectivity index (χ0v) is 10.0. The van der Waals surface area contributed by atoms with Gasteiger partial charge in [-0.25, -0.2) is 0 Å². The summed E-state index contributed by atoms with van der Waals surface area (Å²) in [6, 6.07) is 0.418. The van der Waals surface area contributed by atoms with E-state index in [-0.39, 0.29) is 11.8 Å². The highest BCUT2D eigenvalue weighted by Gasteiger charge is 2.32. The van der Waals surface area contributed by atoms with Crippen molar-refractivity contribution in [2.75, 3.05) is 13.1 Å². The van der Waals surface area contributed by atoms with Crippen LogP contribution in [0.1, 0.15) is 33.1 Å². The predicted octanol–water partition coefficient (Wildman–Crippen LogP) is 0.769. The molecule has 3 atom stereocenters. The molecule has 2 amide bonds. The van der Waals surface area contributed by atoms with Gasteiger partial charge in [0.25, 0.3) is 0 Å². The van der Waals surface area contributed by atoms with Gasteiger partial charge >= 0.3 is 0 Å². The highest BCUT2D eigenvalue weighted by molar-refractivity contribution is 5.99. The van der Waals surface area contributed by atoms with E-state index >= 15 is 0 Å². The molecule has 16 heavy (non-hydrogen) atoms. The van der Waals surface area contributed by atoms with Crippen LogP contribution in [0.2, 0.25) is 0 Å². The fourth-order valence-corrected chi connectivity index (χ4v) is 2.77. The first-order valence-electron chi connectivity index (χ1n) is 6.13. The molecular formula is C12H20N2O2. The molecular weight excluding hydrogens is 204 g/mol. The van der Waals surface area contributed by atoms with Crippen molar-refractivity contribution in [3.63, 3.8) is 0 Å². The Balaban J connectivity index is 1.97. The zero-order valence-electron chi connectivity index (χ0n) is 10.0. The molecule has 2 aliphatic rings. The number of rotatable bonds is 1. The summed E-state index contributed by atoms with van der Waals surface area (Å²) in [6.07, 6.45) is 3.44. The third-order valence-electron chi connectivity index (χ3n) is 4.06. The number of piperazine rings is 1. The van der Waals surface area contributed by atoms with Gasteiger partial charge in [0, 0.05) is 6.04 Å². The molecule has 0 aromatic carbocycles. The fraction of sp³-hybridized carbons (Fsp3) is 0.833. The van der Waals surface area contributed by atoms with Gasteiger partial charge in [0.2, 0.25) is 11.8 Å².